The Morgan fingerprint density at radius 1 is 0.976 bits per heavy atom. The number of rotatable bonds is 11. The molecule has 42 heavy (non-hydrogen) atoms. The van der Waals surface area contributed by atoms with Crippen molar-refractivity contribution < 1.29 is 39.9 Å². The van der Waals surface area contributed by atoms with Crippen LogP contribution in [0.15, 0.2) is 0 Å². The number of nitrogens with zero attached hydrogens (tertiary/aromatic N) is 1. The summed E-state index contributed by atoms with van der Waals surface area (Å²) in [6.45, 7) is 15.1. The Hall–Kier alpha value is -1.30. The molecule has 1 aliphatic heterocycles. The fraction of sp³-hybridized carbons (Fsp3) is 0.938. The summed E-state index contributed by atoms with van der Waals surface area (Å²) in [6, 6.07) is -0.564. The Morgan fingerprint density at radius 3 is 2.19 bits per heavy atom. The minimum absolute atomic E-state index is 0.0242. The average Bonchev–Trinajstić information content (AvgIpc) is 2.93. The number of carbonyl (C=O) groups is 2. The van der Waals surface area contributed by atoms with E-state index in [2.05, 4.69) is 12.2 Å². The number of aliphatic hydroxyl groups excluding tert-OH is 3. The second-order valence-electron chi connectivity index (χ2n) is 13.4. The van der Waals surface area contributed by atoms with Crippen molar-refractivity contribution >= 4 is 11.9 Å². The van der Waals surface area contributed by atoms with Gasteiger partial charge < -0.3 is 35.6 Å². The Bertz CT molecular complexity index is 807. The summed E-state index contributed by atoms with van der Waals surface area (Å²) in [6.07, 6.45) is 2.01. The maximum atomic E-state index is 13.0. The van der Waals surface area contributed by atoms with Crippen molar-refractivity contribution in [2.24, 2.45) is 17.8 Å². The third-order valence-electron chi connectivity index (χ3n) is 9.23. The van der Waals surface area contributed by atoms with Crippen LogP contribution in [0.3, 0.4) is 0 Å². The third kappa shape index (κ3) is 11.3. The molecule has 1 rings (SSSR count). The number of hydrogen-bond acceptors (Lipinski definition) is 9. The van der Waals surface area contributed by atoms with Gasteiger partial charge in [-0.2, -0.15) is 0 Å². The largest absolute Gasteiger partial charge is 0.459 e. The van der Waals surface area contributed by atoms with Gasteiger partial charge in [-0.3, -0.25) is 14.5 Å². The summed E-state index contributed by atoms with van der Waals surface area (Å²) in [5.74, 6) is -2.74. The molecule has 0 aromatic carbocycles. The first-order valence-corrected chi connectivity index (χ1v) is 16.2. The zero-order valence-electron chi connectivity index (χ0n) is 27.5. The number of amides is 1. The van der Waals surface area contributed by atoms with Gasteiger partial charge in [0.1, 0.15) is 17.8 Å². The van der Waals surface area contributed by atoms with Crippen molar-refractivity contribution in [2.75, 3.05) is 19.6 Å². The number of hydrogen-bond donors (Lipinski definition) is 6. The minimum atomic E-state index is -1.79. The molecule has 1 aliphatic rings. The van der Waals surface area contributed by atoms with Gasteiger partial charge in [0.25, 0.3) is 0 Å². The van der Waals surface area contributed by atoms with Gasteiger partial charge in [-0.15, -0.1) is 0 Å². The summed E-state index contributed by atoms with van der Waals surface area (Å²) in [7, 11) is 0. The predicted molar refractivity (Wildman–Crippen MR) is 164 cm³/mol. The van der Waals surface area contributed by atoms with Gasteiger partial charge in [0.05, 0.1) is 23.7 Å². The molecule has 10 nitrogen and oxygen atoms in total. The number of esters is 1. The molecule has 0 spiro atoms. The summed E-state index contributed by atoms with van der Waals surface area (Å²) >= 11 is 0. The van der Waals surface area contributed by atoms with Crippen LogP contribution in [0.2, 0.25) is 0 Å². The minimum Gasteiger partial charge on any atom is -0.459 e. The maximum absolute atomic E-state index is 13.0. The summed E-state index contributed by atoms with van der Waals surface area (Å²) < 4.78 is 5.64. The summed E-state index contributed by atoms with van der Waals surface area (Å²) in [4.78, 5) is 27.3. The van der Waals surface area contributed by atoms with Crippen LogP contribution in [0.1, 0.15) is 113 Å². The molecular formula is C32H62N2O8. The van der Waals surface area contributed by atoms with Gasteiger partial charge in [-0.05, 0) is 59.3 Å². The Kier molecular flexibility index (Phi) is 16.5. The highest BCUT2D eigenvalue weighted by Crippen LogP contribution is 2.32. The molecule has 10 heteroatoms. The topological polar surface area (TPSA) is 160 Å². The van der Waals surface area contributed by atoms with Gasteiger partial charge in [0.15, 0.2) is 0 Å². The van der Waals surface area contributed by atoms with Crippen LogP contribution in [0.5, 0.6) is 0 Å². The standard InChI is InChI=1S/C32H62N2O8/c1-9-11-12-13-14-16-26(35)33-17-15-18-34-20-21(3)19-31(7,40)28(37)22(4)27(36)23(5)30(39)42-25(10-2)32(8,41)29(38)24(34)6/h21-25,27-29,36-38,40-41H,9-20H2,1-8H3,(H,33,35)/t21-,22+,23-,24-,25-,27+,28-,29-,31-,32-/m1/s1. The smallest absolute Gasteiger partial charge is 0.311 e. The number of aliphatic hydroxyl groups is 5. The van der Waals surface area contributed by atoms with Gasteiger partial charge in [-0.1, -0.05) is 53.4 Å². The Morgan fingerprint density at radius 2 is 1.60 bits per heavy atom. The van der Waals surface area contributed by atoms with Gasteiger partial charge >= 0.3 is 5.97 Å². The second-order valence-corrected chi connectivity index (χ2v) is 13.4. The monoisotopic (exact) mass is 602 g/mol. The third-order valence-corrected chi connectivity index (χ3v) is 9.23. The first-order chi connectivity index (χ1) is 19.5. The molecule has 0 bridgehead atoms. The second kappa shape index (κ2) is 17.9. The Labute approximate surface area is 254 Å². The molecule has 0 aliphatic carbocycles. The average molecular weight is 603 g/mol. The molecule has 10 atom stereocenters. The molecule has 0 unspecified atom stereocenters. The van der Waals surface area contributed by atoms with Gasteiger partial charge in [0.2, 0.25) is 5.91 Å². The molecule has 1 saturated heterocycles. The van der Waals surface area contributed by atoms with E-state index < -0.39 is 59.5 Å². The number of unbranched alkanes of at least 4 members (excludes halogenated alkanes) is 4. The first-order valence-electron chi connectivity index (χ1n) is 16.2. The van der Waals surface area contributed by atoms with Crippen molar-refractivity contribution in [1.29, 1.82) is 0 Å². The highest BCUT2D eigenvalue weighted by Gasteiger charge is 2.47. The number of carbonyl (C=O) groups excluding carboxylic acids is 2. The number of cyclic esters (lactones) is 1. The highest BCUT2D eigenvalue weighted by molar-refractivity contribution is 5.75. The van der Waals surface area contributed by atoms with E-state index in [0.717, 1.165) is 25.7 Å². The lowest BCUT2D eigenvalue weighted by atomic mass is 9.78. The van der Waals surface area contributed by atoms with E-state index in [-0.39, 0.29) is 24.7 Å². The SMILES string of the molecule is CCCCCCCC(=O)NCCCN1C[C@H](C)C[C@@](C)(O)[C@H](O)[C@@H](C)[C@H](O)[C@@H](C)C(=O)O[C@H](CC)[C@@](C)(O)[C@H](O)[C@H]1C. The van der Waals surface area contributed by atoms with Crippen molar-refractivity contribution in [3.63, 3.8) is 0 Å². The lowest BCUT2D eigenvalue weighted by Crippen LogP contribution is -2.59. The fourth-order valence-corrected chi connectivity index (χ4v) is 6.33. The molecule has 0 radical (unpaired) electrons. The van der Waals surface area contributed by atoms with E-state index >= 15 is 0 Å². The molecular weight excluding hydrogens is 540 g/mol. The van der Waals surface area contributed by atoms with Crippen LogP contribution < -0.4 is 5.32 Å². The fourth-order valence-electron chi connectivity index (χ4n) is 6.33. The zero-order chi connectivity index (χ0) is 32.3. The van der Waals surface area contributed by atoms with Crippen LogP contribution in [0.4, 0.5) is 0 Å². The normalized spacial score (nSPS) is 37.9. The van der Waals surface area contributed by atoms with Crippen molar-refractivity contribution in [2.45, 2.75) is 155 Å². The summed E-state index contributed by atoms with van der Waals surface area (Å²) in [5.41, 5.74) is -3.35. The van der Waals surface area contributed by atoms with E-state index in [4.69, 9.17) is 4.74 Å². The van der Waals surface area contributed by atoms with E-state index in [0.29, 0.717) is 32.5 Å². The lowest BCUT2D eigenvalue weighted by Gasteiger charge is -2.43. The zero-order valence-corrected chi connectivity index (χ0v) is 27.5. The van der Waals surface area contributed by atoms with Crippen molar-refractivity contribution in [1.82, 2.24) is 10.2 Å². The van der Waals surface area contributed by atoms with Gasteiger partial charge in [0, 0.05) is 38.0 Å². The lowest BCUT2D eigenvalue weighted by molar-refractivity contribution is -0.193. The molecule has 1 fully saturated rings. The van der Waals surface area contributed by atoms with Gasteiger partial charge in [-0.25, -0.2) is 0 Å². The van der Waals surface area contributed by atoms with Crippen LogP contribution in [-0.4, -0.2) is 104 Å². The van der Waals surface area contributed by atoms with E-state index in [1.807, 2.05) is 11.8 Å². The first kappa shape index (κ1) is 38.7. The van der Waals surface area contributed by atoms with Crippen LogP contribution in [-0.2, 0) is 14.3 Å². The molecule has 6 N–H and O–H groups in total. The predicted octanol–water partition coefficient (Wildman–Crippen LogP) is 2.76. The van der Waals surface area contributed by atoms with Crippen LogP contribution in [0.25, 0.3) is 0 Å². The highest BCUT2D eigenvalue weighted by atomic mass is 16.6. The molecule has 0 aromatic rings. The maximum Gasteiger partial charge on any atom is 0.311 e. The Balaban J connectivity index is 3.14. The van der Waals surface area contributed by atoms with Crippen molar-refractivity contribution in [3.8, 4) is 0 Å². The number of nitrogens with one attached hydrogen (secondary N) is 1. The molecule has 1 heterocycles. The number of ether oxygens (including phenoxy) is 1. The van der Waals surface area contributed by atoms with Crippen molar-refractivity contribution in [3.05, 3.63) is 0 Å². The van der Waals surface area contributed by atoms with Crippen LogP contribution in [0, 0.1) is 17.8 Å². The quantitative estimate of drug-likeness (QED) is 0.154. The molecule has 0 saturated carbocycles. The molecule has 1 amide bonds. The van der Waals surface area contributed by atoms with Crippen LogP contribution >= 0.6 is 0 Å². The summed E-state index contributed by atoms with van der Waals surface area (Å²) in [5, 5.41) is 59.1. The molecule has 248 valence electrons. The van der Waals surface area contributed by atoms with E-state index in [1.165, 1.54) is 27.2 Å². The van der Waals surface area contributed by atoms with E-state index in [9.17, 15) is 35.1 Å². The molecule has 0 aromatic heterocycles. The van der Waals surface area contributed by atoms with E-state index in [1.54, 1.807) is 20.8 Å².